The molecular weight excluding hydrogens is 432 g/mol. The molecule has 2 amide bonds. The van der Waals surface area contributed by atoms with E-state index in [4.69, 9.17) is 0 Å². The number of halogens is 3. The first-order chi connectivity index (χ1) is 8.38. The molecular formula is C11H7Br3N2O2. The van der Waals surface area contributed by atoms with Gasteiger partial charge in [-0.3, -0.25) is 9.59 Å². The molecule has 1 aromatic carbocycles. The number of anilines is 1. The second-order valence-corrected chi connectivity index (χ2v) is 6.82. The molecule has 1 N–H and O–H groups in total. The molecule has 4 nitrogen and oxygen atoms in total. The Bertz CT molecular complexity index is 607. The Balaban J connectivity index is 2.30. The Labute approximate surface area is 128 Å². The smallest absolute Gasteiger partial charge is 0.257 e. The molecule has 1 spiro atoms. The number of hydrogen-bond acceptors (Lipinski definition) is 2. The molecule has 2 heterocycles. The highest BCUT2D eigenvalue weighted by Gasteiger charge is 2.59. The van der Waals surface area contributed by atoms with E-state index in [2.05, 4.69) is 53.1 Å². The molecule has 2 aliphatic heterocycles. The number of hydrogen-bond donors (Lipinski definition) is 1. The largest absolute Gasteiger partial charge is 0.337 e. The lowest BCUT2D eigenvalue weighted by atomic mass is 9.81. The summed E-state index contributed by atoms with van der Waals surface area (Å²) in [7, 11) is 1.72. The van der Waals surface area contributed by atoms with Gasteiger partial charge in [-0.2, -0.15) is 0 Å². The highest BCUT2D eigenvalue weighted by Crippen LogP contribution is 2.52. The normalized spacial score (nSPS) is 25.2. The van der Waals surface area contributed by atoms with E-state index in [-0.39, 0.29) is 18.2 Å². The fraction of sp³-hybridized carbons (Fsp3) is 0.273. The van der Waals surface area contributed by atoms with Crippen LogP contribution in [0.3, 0.4) is 0 Å². The van der Waals surface area contributed by atoms with Gasteiger partial charge in [-0.05, 0) is 53.9 Å². The Morgan fingerprint density at radius 3 is 2.44 bits per heavy atom. The molecule has 2 aliphatic rings. The van der Waals surface area contributed by atoms with Crippen LogP contribution in [0.1, 0.15) is 12.0 Å². The first-order valence-corrected chi connectivity index (χ1v) is 7.53. The molecule has 0 aliphatic carbocycles. The molecule has 0 saturated carbocycles. The van der Waals surface area contributed by atoms with Crippen LogP contribution in [0.15, 0.2) is 19.5 Å². The van der Waals surface area contributed by atoms with Gasteiger partial charge in [0.05, 0.1) is 12.1 Å². The first-order valence-electron chi connectivity index (χ1n) is 5.15. The molecule has 18 heavy (non-hydrogen) atoms. The topological polar surface area (TPSA) is 49.4 Å². The Morgan fingerprint density at radius 2 is 1.89 bits per heavy atom. The van der Waals surface area contributed by atoms with Gasteiger partial charge in [0.25, 0.3) is 5.91 Å². The van der Waals surface area contributed by atoms with Crippen LogP contribution in [0.2, 0.25) is 0 Å². The Hall–Kier alpha value is -0.400. The van der Waals surface area contributed by atoms with E-state index < -0.39 is 5.54 Å². The van der Waals surface area contributed by atoms with E-state index in [0.29, 0.717) is 0 Å². The van der Waals surface area contributed by atoms with Gasteiger partial charge in [-0.15, -0.1) is 0 Å². The minimum absolute atomic E-state index is 0.0946. The van der Waals surface area contributed by atoms with Crippen molar-refractivity contribution in [1.82, 2.24) is 5.32 Å². The fourth-order valence-corrected chi connectivity index (χ4v) is 4.25. The molecule has 0 radical (unpaired) electrons. The Morgan fingerprint density at radius 1 is 1.28 bits per heavy atom. The molecule has 94 valence electrons. The zero-order valence-corrected chi connectivity index (χ0v) is 13.9. The summed E-state index contributed by atoms with van der Waals surface area (Å²) in [5, 5.41) is 2.75. The minimum atomic E-state index is -0.886. The van der Waals surface area contributed by atoms with Crippen LogP contribution in [0.5, 0.6) is 0 Å². The number of carbonyl (C=O) groups excluding carboxylic acids is 2. The van der Waals surface area contributed by atoms with Gasteiger partial charge in [0.15, 0.2) is 5.54 Å². The van der Waals surface area contributed by atoms with Crippen molar-refractivity contribution in [3.05, 3.63) is 25.0 Å². The number of benzene rings is 1. The zero-order valence-electron chi connectivity index (χ0n) is 9.18. The van der Waals surface area contributed by atoms with Crippen molar-refractivity contribution in [2.24, 2.45) is 0 Å². The number of nitrogens with one attached hydrogen (secondary N) is 1. The summed E-state index contributed by atoms with van der Waals surface area (Å²) in [6.45, 7) is 0. The first kappa shape index (κ1) is 12.6. The summed E-state index contributed by atoms with van der Waals surface area (Å²) >= 11 is 10.4. The van der Waals surface area contributed by atoms with Crippen LogP contribution in [0.4, 0.5) is 5.69 Å². The monoisotopic (exact) mass is 436 g/mol. The molecule has 7 heteroatoms. The van der Waals surface area contributed by atoms with Crippen molar-refractivity contribution in [2.75, 3.05) is 11.9 Å². The maximum absolute atomic E-state index is 12.3. The summed E-state index contributed by atoms with van der Waals surface area (Å²) in [5.74, 6) is -0.196. The SMILES string of the molecule is CN1C(=O)C2(CC(=O)N2)c2c1cc(Br)c(Br)c2Br. The van der Waals surface area contributed by atoms with Gasteiger partial charge >= 0.3 is 0 Å². The van der Waals surface area contributed by atoms with Gasteiger partial charge in [0.1, 0.15) is 0 Å². The van der Waals surface area contributed by atoms with Crippen LogP contribution in [-0.2, 0) is 15.1 Å². The van der Waals surface area contributed by atoms with Crippen molar-refractivity contribution in [1.29, 1.82) is 0 Å². The van der Waals surface area contributed by atoms with Crippen LogP contribution in [0.25, 0.3) is 0 Å². The van der Waals surface area contributed by atoms with Gasteiger partial charge in [-0.1, -0.05) is 0 Å². The molecule has 1 aromatic rings. The number of nitrogens with zero attached hydrogens (tertiary/aromatic N) is 1. The lowest BCUT2D eigenvalue weighted by molar-refractivity contribution is -0.142. The molecule has 1 fully saturated rings. The molecule has 0 bridgehead atoms. The predicted molar refractivity (Wildman–Crippen MR) is 77.4 cm³/mol. The standard InChI is InChI=1S/C11H7Br3N2O2/c1-16-5-2-4(12)8(13)9(14)7(5)11(10(16)18)3-6(17)15-11/h2H,3H2,1H3,(H,15,17). The third kappa shape index (κ3) is 1.35. The number of fused-ring (bicyclic) bond motifs is 2. The average Bonchev–Trinajstić information content (AvgIpc) is 2.49. The van der Waals surface area contributed by atoms with E-state index in [0.717, 1.165) is 24.7 Å². The molecule has 3 rings (SSSR count). The van der Waals surface area contributed by atoms with E-state index in [1.165, 1.54) is 0 Å². The maximum Gasteiger partial charge on any atom is 0.257 e. The van der Waals surface area contributed by atoms with Crippen LogP contribution < -0.4 is 10.2 Å². The number of β-lactam (4-membered cyclic amide) rings is 1. The fourth-order valence-electron chi connectivity index (χ4n) is 2.50. The van der Waals surface area contributed by atoms with Crippen LogP contribution >= 0.6 is 47.8 Å². The van der Waals surface area contributed by atoms with Crippen molar-refractivity contribution in [3.63, 3.8) is 0 Å². The number of likely N-dealkylation sites (N-methyl/N-ethyl adjacent to an activating group) is 1. The second kappa shape index (κ2) is 3.80. The summed E-state index contributed by atoms with van der Waals surface area (Å²) in [5.41, 5.74) is 0.745. The van der Waals surface area contributed by atoms with Crippen molar-refractivity contribution < 1.29 is 9.59 Å². The summed E-state index contributed by atoms with van der Waals surface area (Å²) in [6.07, 6.45) is 0.204. The van der Waals surface area contributed by atoms with Crippen molar-refractivity contribution in [2.45, 2.75) is 12.0 Å². The highest BCUT2D eigenvalue weighted by atomic mass is 79.9. The molecule has 1 unspecified atom stereocenters. The minimum Gasteiger partial charge on any atom is -0.337 e. The molecule has 0 aromatic heterocycles. The van der Waals surface area contributed by atoms with Gasteiger partial charge in [0, 0.05) is 26.0 Å². The van der Waals surface area contributed by atoms with Crippen molar-refractivity contribution in [3.8, 4) is 0 Å². The number of rotatable bonds is 0. The van der Waals surface area contributed by atoms with E-state index in [1.54, 1.807) is 11.9 Å². The quantitative estimate of drug-likeness (QED) is 0.500. The third-order valence-electron chi connectivity index (χ3n) is 3.38. The van der Waals surface area contributed by atoms with Crippen LogP contribution in [-0.4, -0.2) is 18.9 Å². The Kier molecular flexibility index (Phi) is 2.67. The molecule has 1 saturated heterocycles. The summed E-state index contributed by atoms with van der Waals surface area (Å²) < 4.78 is 2.49. The number of carbonyl (C=O) groups is 2. The third-order valence-corrected chi connectivity index (χ3v) is 6.68. The maximum atomic E-state index is 12.3. The average molecular weight is 439 g/mol. The van der Waals surface area contributed by atoms with Crippen LogP contribution in [0, 0.1) is 0 Å². The van der Waals surface area contributed by atoms with E-state index in [1.807, 2.05) is 6.07 Å². The molecule has 1 atom stereocenters. The van der Waals surface area contributed by atoms with Crippen molar-refractivity contribution >= 4 is 65.3 Å². The lowest BCUT2D eigenvalue weighted by Crippen LogP contribution is -2.63. The second-order valence-electron chi connectivity index (χ2n) is 4.37. The van der Waals surface area contributed by atoms with E-state index in [9.17, 15) is 9.59 Å². The van der Waals surface area contributed by atoms with Gasteiger partial charge < -0.3 is 10.2 Å². The summed E-state index contributed by atoms with van der Waals surface area (Å²) in [6, 6.07) is 1.88. The number of amides is 2. The lowest BCUT2D eigenvalue weighted by Gasteiger charge is -2.37. The van der Waals surface area contributed by atoms with E-state index >= 15 is 0 Å². The van der Waals surface area contributed by atoms with Gasteiger partial charge in [-0.25, -0.2) is 0 Å². The highest BCUT2D eigenvalue weighted by molar-refractivity contribution is 9.14. The predicted octanol–water partition coefficient (Wildman–Crippen LogP) is 2.67. The summed E-state index contributed by atoms with van der Waals surface area (Å²) in [4.78, 5) is 25.2. The zero-order chi connectivity index (χ0) is 13.2. The van der Waals surface area contributed by atoms with Gasteiger partial charge in [0.2, 0.25) is 5.91 Å².